The first kappa shape index (κ1) is 21.4. The molecule has 0 aliphatic rings. The lowest BCUT2D eigenvalue weighted by atomic mass is 10.2. The van der Waals surface area contributed by atoms with Crippen molar-refractivity contribution in [2.45, 2.75) is 32.9 Å². The first-order valence-corrected chi connectivity index (χ1v) is 9.74. The number of carbonyl (C=O) groups excluding carboxylic acids is 1. The van der Waals surface area contributed by atoms with Gasteiger partial charge in [0, 0.05) is 11.1 Å². The fourth-order valence-electron chi connectivity index (χ4n) is 2.74. The average Bonchev–Trinajstić information content (AvgIpc) is 2.73. The second-order valence-corrected chi connectivity index (χ2v) is 7.19. The van der Waals surface area contributed by atoms with Gasteiger partial charge in [-0.05, 0) is 49.2 Å². The van der Waals surface area contributed by atoms with Crippen molar-refractivity contribution >= 4 is 17.5 Å². The van der Waals surface area contributed by atoms with E-state index in [0.717, 1.165) is 21.4 Å². The number of rotatable bonds is 6. The van der Waals surface area contributed by atoms with Gasteiger partial charge >= 0.3 is 5.69 Å². The second-order valence-electron chi connectivity index (χ2n) is 6.78. The Hall–Kier alpha value is -3.26. The first-order chi connectivity index (χ1) is 14.3. The first-order valence-electron chi connectivity index (χ1n) is 9.36. The third kappa shape index (κ3) is 4.49. The highest BCUT2D eigenvalue weighted by molar-refractivity contribution is 6.31. The van der Waals surface area contributed by atoms with Crippen LogP contribution in [0.3, 0.4) is 0 Å². The summed E-state index contributed by atoms with van der Waals surface area (Å²) < 4.78 is 15.1. The number of halogens is 2. The van der Waals surface area contributed by atoms with Crippen molar-refractivity contribution in [2.75, 3.05) is 0 Å². The average molecular weight is 431 g/mol. The summed E-state index contributed by atoms with van der Waals surface area (Å²) in [5.41, 5.74) is -1.30. The summed E-state index contributed by atoms with van der Waals surface area (Å²) in [4.78, 5) is 38.7. The van der Waals surface area contributed by atoms with E-state index in [1.807, 2.05) is 6.92 Å². The van der Waals surface area contributed by atoms with Crippen LogP contribution in [0.2, 0.25) is 5.02 Å². The number of hydrogen-bond donors (Lipinski definition) is 1. The van der Waals surface area contributed by atoms with Crippen molar-refractivity contribution in [1.29, 1.82) is 0 Å². The molecule has 3 rings (SSSR count). The minimum absolute atomic E-state index is 0.148. The highest BCUT2D eigenvalue weighted by Gasteiger charge is 2.21. The summed E-state index contributed by atoms with van der Waals surface area (Å²) in [6.45, 7) is 3.52. The van der Waals surface area contributed by atoms with Crippen molar-refractivity contribution < 1.29 is 9.18 Å². The molecular weight excluding hydrogens is 411 g/mol. The maximum Gasteiger partial charge on any atom is 0.352 e. The van der Waals surface area contributed by atoms with Crippen LogP contribution < -0.4 is 16.6 Å². The molecule has 1 heterocycles. The summed E-state index contributed by atoms with van der Waals surface area (Å²) in [5, 5.41) is 7.04. The zero-order chi connectivity index (χ0) is 21.8. The van der Waals surface area contributed by atoms with Gasteiger partial charge in [-0.2, -0.15) is 9.78 Å². The van der Waals surface area contributed by atoms with Gasteiger partial charge in [0.2, 0.25) is 5.69 Å². The monoisotopic (exact) mass is 430 g/mol. The number of aromatic nitrogens is 3. The summed E-state index contributed by atoms with van der Waals surface area (Å²) >= 11 is 6.18. The van der Waals surface area contributed by atoms with E-state index in [9.17, 15) is 18.8 Å². The number of carbonyl (C=O) groups is 1. The zero-order valence-corrected chi connectivity index (χ0v) is 17.2. The Kier molecular flexibility index (Phi) is 6.47. The molecule has 0 radical (unpaired) electrons. The second kappa shape index (κ2) is 9.04. The van der Waals surface area contributed by atoms with Gasteiger partial charge in [0.15, 0.2) is 0 Å². The molecule has 1 amide bonds. The molecule has 0 aliphatic heterocycles. The molecule has 1 atom stereocenters. The van der Waals surface area contributed by atoms with Gasteiger partial charge in [-0.3, -0.25) is 14.2 Å². The predicted octanol–water partition coefficient (Wildman–Crippen LogP) is 2.76. The number of hydrogen-bond acceptors (Lipinski definition) is 4. The molecule has 1 N–H and O–H groups in total. The molecule has 7 nitrogen and oxygen atoms in total. The van der Waals surface area contributed by atoms with Crippen LogP contribution in [0.15, 0.2) is 58.1 Å². The molecule has 0 saturated heterocycles. The fraction of sp³-hybridized carbons (Fsp3) is 0.238. The molecule has 156 valence electrons. The van der Waals surface area contributed by atoms with E-state index in [1.165, 1.54) is 12.1 Å². The van der Waals surface area contributed by atoms with Crippen molar-refractivity contribution in [1.82, 2.24) is 19.7 Å². The van der Waals surface area contributed by atoms with E-state index in [0.29, 0.717) is 17.0 Å². The Morgan fingerprint density at radius 2 is 1.83 bits per heavy atom. The van der Waals surface area contributed by atoms with Crippen molar-refractivity contribution in [3.63, 3.8) is 0 Å². The Labute approximate surface area is 176 Å². The van der Waals surface area contributed by atoms with Gasteiger partial charge < -0.3 is 5.32 Å². The van der Waals surface area contributed by atoms with Crippen molar-refractivity contribution in [2.24, 2.45) is 0 Å². The lowest BCUT2D eigenvalue weighted by Gasteiger charge is -2.14. The summed E-state index contributed by atoms with van der Waals surface area (Å²) in [7, 11) is 0. The molecule has 3 aromatic rings. The van der Waals surface area contributed by atoms with Crippen LogP contribution in [0.4, 0.5) is 4.39 Å². The minimum atomic E-state index is -0.834. The van der Waals surface area contributed by atoms with Gasteiger partial charge in [0.25, 0.3) is 11.5 Å². The molecule has 2 aromatic carbocycles. The van der Waals surface area contributed by atoms with Crippen LogP contribution in [-0.2, 0) is 6.54 Å². The predicted molar refractivity (Wildman–Crippen MR) is 112 cm³/mol. The number of nitrogens with one attached hydrogen (secondary N) is 1. The SMILES string of the molecule is CC[C@@H](C)NC(=O)c1nn(-c2ccc(F)cc2)c(=O)n(Cc2ccccc2Cl)c1=O. The van der Waals surface area contributed by atoms with Crippen LogP contribution >= 0.6 is 11.6 Å². The highest BCUT2D eigenvalue weighted by atomic mass is 35.5. The summed E-state index contributed by atoms with van der Waals surface area (Å²) in [5.74, 6) is -1.19. The highest BCUT2D eigenvalue weighted by Crippen LogP contribution is 2.15. The lowest BCUT2D eigenvalue weighted by Crippen LogP contribution is -2.47. The van der Waals surface area contributed by atoms with Crippen LogP contribution in [0.5, 0.6) is 0 Å². The normalized spacial score (nSPS) is 11.9. The molecule has 0 fully saturated rings. The Morgan fingerprint density at radius 1 is 1.17 bits per heavy atom. The molecule has 9 heteroatoms. The zero-order valence-electron chi connectivity index (χ0n) is 16.4. The fourth-order valence-corrected chi connectivity index (χ4v) is 2.93. The Bertz CT molecular complexity index is 1190. The number of benzene rings is 2. The van der Waals surface area contributed by atoms with E-state index < -0.39 is 28.7 Å². The van der Waals surface area contributed by atoms with E-state index in [-0.39, 0.29) is 18.3 Å². The minimum Gasteiger partial charge on any atom is -0.348 e. The van der Waals surface area contributed by atoms with E-state index in [4.69, 9.17) is 11.6 Å². The molecule has 0 unspecified atom stereocenters. The smallest absolute Gasteiger partial charge is 0.348 e. The van der Waals surface area contributed by atoms with E-state index in [2.05, 4.69) is 10.4 Å². The van der Waals surface area contributed by atoms with Crippen LogP contribution in [-0.4, -0.2) is 26.3 Å². The Balaban J connectivity index is 2.20. The van der Waals surface area contributed by atoms with Gasteiger partial charge in [0.05, 0.1) is 12.2 Å². The largest absolute Gasteiger partial charge is 0.352 e. The van der Waals surface area contributed by atoms with Crippen molar-refractivity contribution in [3.8, 4) is 5.69 Å². The van der Waals surface area contributed by atoms with Gasteiger partial charge in [-0.15, -0.1) is 0 Å². The molecule has 0 spiro atoms. The van der Waals surface area contributed by atoms with Gasteiger partial charge in [-0.1, -0.05) is 36.7 Å². The topological polar surface area (TPSA) is 86.0 Å². The van der Waals surface area contributed by atoms with E-state index in [1.54, 1.807) is 31.2 Å². The molecule has 30 heavy (non-hydrogen) atoms. The van der Waals surface area contributed by atoms with E-state index >= 15 is 0 Å². The lowest BCUT2D eigenvalue weighted by molar-refractivity contribution is 0.0929. The van der Waals surface area contributed by atoms with Crippen molar-refractivity contribution in [3.05, 3.63) is 91.5 Å². The maximum atomic E-state index is 13.3. The molecule has 0 bridgehead atoms. The quantitative estimate of drug-likeness (QED) is 0.651. The summed E-state index contributed by atoms with van der Waals surface area (Å²) in [6, 6.07) is 11.6. The number of amides is 1. The number of nitrogens with zero attached hydrogens (tertiary/aromatic N) is 3. The molecule has 0 saturated carbocycles. The molecule has 1 aromatic heterocycles. The third-order valence-corrected chi connectivity index (χ3v) is 4.99. The van der Waals surface area contributed by atoms with Crippen LogP contribution in [0, 0.1) is 5.82 Å². The maximum absolute atomic E-state index is 13.3. The third-order valence-electron chi connectivity index (χ3n) is 4.62. The van der Waals surface area contributed by atoms with Crippen LogP contribution in [0.1, 0.15) is 36.3 Å². The molecule has 0 aliphatic carbocycles. The standard InChI is InChI=1S/C21H20ClFN4O3/c1-3-13(2)24-19(28)18-20(29)26(12-14-6-4-5-7-17(14)22)21(30)27(25-18)16-10-8-15(23)9-11-16/h4-11,13H,3,12H2,1-2H3,(H,24,28)/t13-/m1/s1. The summed E-state index contributed by atoms with van der Waals surface area (Å²) in [6.07, 6.45) is 0.650. The molecular formula is C21H20ClFN4O3. The van der Waals surface area contributed by atoms with Gasteiger partial charge in [0.1, 0.15) is 5.82 Å². The van der Waals surface area contributed by atoms with Gasteiger partial charge in [-0.25, -0.2) is 9.18 Å². The Morgan fingerprint density at radius 3 is 2.47 bits per heavy atom. The van der Waals surface area contributed by atoms with Crippen LogP contribution in [0.25, 0.3) is 5.69 Å².